The Labute approximate surface area is 126 Å². The van der Waals surface area contributed by atoms with Gasteiger partial charge in [0.2, 0.25) is 0 Å². The zero-order valence-corrected chi connectivity index (χ0v) is 13.2. The highest BCUT2D eigenvalue weighted by molar-refractivity contribution is 7.11. The number of thiophene rings is 1. The van der Waals surface area contributed by atoms with Crippen LogP contribution in [0.25, 0.3) is 0 Å². The van der Waals surface area contributed by atoms with E-state index in [4.69, 9.17) is 32.7 Å². The highest BCUT2D eigenvalue weighted by Gasteiger charge is 2.21. The monoisotopic (exact) mass is 316 g/mol. The van der Waals surface area contributed by atoms with Gasteiger partial charge in [0.1, 0.15) is 11.5 Å². The zero-order chi connectivity index (χ0) is 14.0. The summed E-state index contributed by atoms with van der Waals surface area (Å²) in [7, 11) is 3.23. The maximum absolute atomic E-state index is 6.53. The van der Waals surface area contributed by atoms with Crippen LogP contribution in [0.1, 0.15) is 21.4 Å². The second kappa shape index (κ2) is 6.04. The topological polar surface area (TPSA) is 18.5 Å². The molecule has 2 aromatic rings. The minimum atomic E-state index is -0.327. The number of alkyl halides is 1. The molecule has 0 radical (unpaired) electrons. The number of halogens is 2. The molecule has 1 aromatic carbocycles. The maximum atomic E-state index is 6.53. The molecule has 0 saturated carbocycles. The number of benzene rings is 1. The first-order chi connectivity index (χ1) is 9.08. The number of ether oxygens (including phenoxy) is 2. The standard InChI is InChI=1S/C14H14Cl2O2S/c1-8-7-19-14(12(8)15)13(16)10-5-4-9(17-2)6-11(10)18-3/h4-7,13H,1-3H3. The third kappa shape index (κ3) is 2.83. The van der Waals surface area contributed by atoms with Gasteiger partial charge in [-0.05, 0) is 30.0 Å². The van der Waals surface area contributed by atoms with E-state index in [1.807, 2.05) is 30.5 Å². The van der Waals surface area contributed by atoms with Gasteiger partial charge in [-0.1, -0.05) is 11.6 Å². The van der Waals surface area contributed by atoms with E-state index in [0.29, 0.717) is 5.75 Å². The summed E-state index contributed by atoms with van der Waals surface area (Å²) in [5.41, 5.74) is 1.92. The molecule has 0 amide bonds. The molecule has 1 heterocycles. The van der Waals surface area contributed by atoms with Crippen molar-refractivity contribution < 1.29 is 9.47 Å². The summed E-state index contributed by atoms with van der Waals surface area (Å²) in [6.07, 6.45) is 0. The van der Waals surface area contributed by atoms with Crippen molar-refractivity contribution in [1.82, 2.24) is 0 Å². The first kappa shape index (κ1) is 14.5. The Kier molecular flexibility index (Phi) is 4.61. The van der Waals surface area contributed by atoms with E-state index in [2.05, 4.69) is 0 Å². The Hall–Kier alpha value is -0.900. The van der Waals surface area contributed by atoms with Crippen molar-refractivity contribution in [2.24, 2.45) is 0 Å². The Morgan fingerprint density at radius 2 is 1.95 bits per heavy atom. The summed E-state index contributed by atoms with van der Waals surface area (Å²) < 4.78 is 10.6. The summed E-state index contributed by atoms with van der Waals surface area (Å²) in [5, 5.41) is 2.40. The van der Waals surface area contributed by atoms with Gasteiger partial charge in [-0.2, -0.15) is 0 Å². The van der Waals surface area contributed by atoms with Crippen LogP contribution in [-0.4, -0.2) is 14.2 Å². The zero-order valence-electron chi connectivity index (χ0n) is 10.9. The molecule has 2 nitrogen and oxygen atoms in total. The first-order valence-electron chi connectivity index (χ1n) is 5.68. The molecule has 0 bridgehead atoms. The molecule has 1 atom stereocenters. The van der Waals surface area contributed by atoms with Crippen LogP contribution in [0.2, 0.25) is 5.02 Å². The Bertz CT molecular complexity index is 581. The molecule has 19 heavy (non-hydrogen) atoms. The van der Waals surface area contributed by atoms with E-state index in [-0.39, 0.29) is 5.38 Å². The van der Waals surface area contributed by atoms with Crippen molar-refractivity contribution in [3.05, 3.63) is 44.6 Å². The van der Waals surface area contributed by atoms with Crippen LogP contribution in [0.5, 0.6) is 11.5 Å². The predicted octanol–water partition coefficient (Wildman–Crippen LogP) is 5.06. The van der Waals surface area contributed by atoms with Crippen molar-refractivity contribution in [1.29, 1.82) is 0 Å². The van der Waals surface area contributed by atoms with Crippen LogP contribution in [0.15, 0.2) is 23.6 Å². The second-order valence-electron chi connectivity index (χ2n) is 4.07. The quantitative estimate of drug-likeness (QED) is 0.734. The minimum absolute atomic E-state index is 0.327. The number of rotatable bonds is 4. The lowest BCUT2D eigenvalue weighted by molar-refractivity contribution is 0.391. The van der Waals surface area contributed by atoms with E-state index >= 15 is 0 Å². The van der Waals surface area contributed by atoms with Gasteiger partial charge in [-0.3, -0.25) is 0 Å². The van der Waals surface area contributed by atoms with E-state index in [0.717, 1.165) is 26.8 Å². The van der Waals surface area contributed by atoms with Crippen LogP contribution in [0, 0.1) is 6.92 Å². The van der Waals surface area contributed by atoms with E-state index in [1.54, 1.807) is 25.6 Å². The van der Waals surface area contributed by atoms with Gasteiger partial charge in [-0.25, -0.2) is 0 Å². The van der Waals surface area contributed by atoms with E-state index in [9.17, 15) is 0 Å². The maximum Gasteiger partial charge on any atom is 0.127 e. The SMILES string of the molecule is COc1ccc(C(Cl)c2scc(C)c2Cl)c(OC)c1. The van der Waals surface area contributed by atoms with E-state index in [1.165, 1.54) is 0 Å². The molecule has 102 valence electrons. The fourth-order valence-corrected chi connectivity index (χ4v) is 3.58. The molecule has 1 aromatic heterocycles. The molecule has 0 spiro atoms. The molecular weight excluding hydrogens is 303 g/mol. The molecule has 5 heteroatoms. The molecule has 0 aliphatic heterocycles. The number of methoxy groups -OCH3 is 2. The summed E-state index contributed by atoms with van der Waals surface area (Å²) >= 11 is 14.4. The van der Waals surface area contributed by atoms with Crippen LogP contribution >= 0.6 is 34.5 Å². The minimum Gasteiger partial charge on any atom is -0.497 e. The highest BCUT2D eigenvalue weighted by Crippen LogP contribution is 2.43. The summed E-state index contributed by atoms with van der Waals surface area (Å²) in [5.74, 6) is 1.43. The van der Waals surface area contributed by atoms with Crippen LogP contribution in [-0.2, 0) is 0 Å². The van der Waals surface area contributed by atoms with Crippen molar-refractivity contribution in [3.8, 4) is 11.5 Å². The Morgan fingerprint density at radius 1 is 1.21 bits per heavy atom. The molecule has 0 N–H and O–H groups in total. The molecule has 1 unspecified atom stereocenters. The molecule has 0 fully saturated rings. The average Bonchev–Trinajstić information content (AvgIpc) is 2.77. The van der Waals surface area contributed by atoms with Crippen molar-refractivity contribution in [2.45, 2.75) is 12.3 Å². The van der Waals surface area contributed by atoms with Crippen molar-refractivity contribution in [2.75, 3.05) is 14.2 Å². The van der Waals surface area contributed by atoms with Crippen molar-refractivity contribution >= 4 is 34.5 Å². The molecule has 0 aliphatic carbocycles. The highest BCUT2D eigenvalue weighted by atomic mass is 35.5. The van der Waals surface area contributed by atoms with Gasteiger partial charge in [0.05, 0.1) is 24.6 Å². The lowest BCUT2D eigenvalue weighted by Gasteiger charge is -2.14. The normalized spacial score (nSPS) is 12.3. The van der Waals surface area contributed by atoms with Gasteiger partial charge in [-0.15, -0.1) is 22.9 Å². The summed E-state index contributed by atoms with van der Waals surface area (Å²) in [6.45, 7) is 1.97. The molecule has 0 saturated heterocycles. The average molecular weight is 317 g/mol. The largest absolute Gasteiger partial charge is 0.497 e. The van der Waals surface area contributed by atoms with Gasteiger partial charge in [0, 0.05) is 16.5 Å². The lowest BCUT2D eigenvalue weighted by Crippen LogP contribution is -1.97. The van der Waals surface area contributed by atoms with Gasteiger partial charge in [0.25, 0.3) is 0 Å². The molecule has 2 rings (SSSR count). The number of aryl methyl sites for hydroxylation is 1. The van der Waals surface area contributed by atoms with Crippen LogP contribution in [0.3, 0.4) is 0 Å². The fraction of sp³-hybridized carbons (Fsp3) is 0.286. The number of hydrogen-bond donors (Lipinski definition) is 0. The summed E-state index contributed by atoms with van der Waals surface area (Å²) in [6, 6.07) is 5.58. The predicted molar refractivity (Wildman–Crippen MR) is 81.3 cm³/mol. The summed E-state index contributed by atoms with van der Waals surface area (Å²) in [4.78, 5) is 0.935. The van der Waals surface area contributed by atoms with Crippen LogP contribution in [0.4, 0.5) is 0 Å². The number of hydrogen-bond acceptors (Lipinski definition) is 3. The molecule has 0 aliphatic rings. The Balaban J connectivity index is 2.43. The smallest absolute Gasteiger partial charge is 0.127 e. The Morgan fingerprint density at radius 3 is 2.47 bits per heavy atom. The third-order valence-corrected chi connectivity index (χ3v) is 5.23. The van der Waals surface area contributed by atoms with Crippen molar-refractivity contribution in [3.63, 3.8) is 0 Å². The fourth-order valence-electron chi connectivity index (χ4n) is 1.79. The molecular formula is C14H14Cl2O2S. The van der Waals surface area contributed by atoms with Gasteiger partial charge in [0.15, 0.2) is 0 Å². The second-order valence-corrected chi connectivity index (χ2v) is 5.79. The first-order valence-corrected chi connectivity index (χ1v) is 7.37. The lowest BCUT2D eigenvalue weighted by atomic mass is 10.1. The van der Waals surface area contributed by atoms with Gasteiger partial charge >= 0.3 is 0 Å². The van der Waals surface area contributed by atoms with E-state index < -0.39 is 0 Å². The third-order valence-electron chi connectivity index (χ3n) is 2.87. The van der Waals surface area contributed by atoms with Gasteiger partial charge < -0.3 is 9.47 Å². The van der Waals surface area contributed by atoms with Crippen LogP contribution < -0.4 is 9.47 Å².